The van der Waals surface area contributed by atoms with Crippen LogP contribution in [0.2, 0.25) is 0 Å². The summed E-state index contributed by atoms with van der Waals surface area (Å²) in [7, 11) is 1.64. The van der Waals surface area contributed by atoms with Crippen LogP contribution in [0.25, 0.3) is 11.5 Å². The number of nitrogens with zero attached hydrogens (tertiary/aromatic N) is 2. The summed E-state index contributed by atoms with van der Waals surface area (Å²) in [6, 6.07) is 1.95. The smallest absolute Gasteiger partial charge is 0.260 e. The molecular formula is C10H13N3O2S. The van der Waals surface area contributed by atoms with Gasteiger partial charge in [-0.1, -0.05) is 5.16 Å². The Labute approximate surface area is 97.2 Å². The molecule has 0 unspecified atom stereocenters. The summed E-state index contributed by atoms with van der Waals surface area (Å²) in [5, 5.41) is 4.57. The third-order valence-corrected chi connectivity index (χ3v) is 2.99. The van der Waals surface area contributed by atoms with Crippen molar-refractivity contribution in [3.05, 3.63) is 16.8 Å². The lowest BCUT2D eigenvalue weighted by Gasteiger charge is -1.91. The average Bonchev–Trinajstić information content (AvgIpc) is 2.82. The number of hydrogen-bond acceptors (Lipinski definition) is 6. The number of hydrogen-bond donors (Lipinski definition) is 1. The molecule has 16 heavy (non-hydrogen) atoms. The van der Waals surface area contributed by atoms with Crippen molar-refractivity contribution in [1.29, 1.82) is 0 Å². The maximum Gasteiger partial charge on any atom is 0.260 e. The fourth-order valence-electron chi connectivity index (χ4n) is 1.36. The lowest BCUT2D eigenvalue weighted by molar-refractivity contribution is 0.199. The molecule has 0 saturated heterocycles. The van der Waals surface area contributed by atoms with Crippen molar-refractivity contribution < 1.29 is 9.26 Å². The summed E-state index contributed by atoms with van der Waals surface area (Å²) in [6.07, 6.45) is 0.642. The first-order valence-corrected chi connectivity index (χ1v) is 5.70. The van der Waals surface area contributed by atoms with E-state index in [-0.39, 0.29) is 0 Å². The maximum absolute atomic E-state index is 5.85. The Kier molecular flexibility index (Phi) is 3.21. The second kappa shape index (κ2) is 4.63. The van der Waals surface area contributed by atoms with Crippen LogP contribution in [0.1, 0.15) is 10.7 Å². The van der Waals surface area contributed by atoms with Gasteiger partial charge in [-0.2, -0.15) is 4.98 Å². The number of methoxy groups -OCH3 is 1. The molecule has 86 valence electrons. The molecule has 2 heterocycles. The number of aryl methyl sites for hydroxylation is 1. The van der Waals surface area contributed by atoms with Gasteiger partial charge in [0.1, 0.15) is 0 Å². The van der Waals surface area contributed by atoms with Crippen molar-refractivity contribution in [1.82, 2.24) is 10.1 Å². The van der Waals surface area contributed by atoms with Crippen LogP contribution < -0.4 is 5.73 Å². The highest BCUT2D eigenvalue weighted by Gasteiger charge is 2.13. The first-order valence-electron chi connectivity index (χ1n) is 4.88. The molecule has 0 radical (unpaired) electrons. The fourth-order valence-corrected chi connectivity index (χ4v) is 2.14. The minimum absolute atomic E-state index is 0.480. The standard InChI is InChI=1S/C10H13N3O2S/c1-6-5-7(9(11)16-6)10-12-8(13-15-10)3-4-14-2/h5H,3-4,11H2,1-2H3. The molecule has 2 N–H and O–H groups in total. The highest BCUT2D eigenvalue weighted by molar-refractivity contribution is 7.16. The van der Waals surface area contributed by atoms with Crippen molar-refractivity contribution in [3.63, 3.8) is 0 Å². The Bertz CT molecular complexity index is 478. The number of nitrogens with two attached hydrogens (primary N) is 1. The molecule has 5 nitrogen and oxygen atoms in total. The highest BCUT2D eigenvalue weighted by atomic mass is 32.1. The van der Waals surface area contributed by atoms with E-state index in [0.29, 0.717) is 29.7 Å². The molecule has 0 spiro atoms. The van der Waals surface area contributed by atoms with Gasteiger partial charge in [-0.15, -0.1) is 11.3 Å². The summed E-state index contributed by atoms with van der Waals surface area (Å²) < 4.78 is 10.1. The Morgan fingerprint density at radius 3 is 3.00 bits per heavy atom. The number of nitrogen functional groups attached to an aromatic ring is 1. The molecular weight excluding hydrogens is 226 g/mol. The largest absolute Gasteiger partial charge is 0.390 e. The molecule has 0 aliphatic heterocycles. The number of anilines is 1. The molecule has 0 amide bonds. The van der Waals surface area contributed by atoms with Gasteiger partial charge in [-0.25, -0.2) is 0 Å². The van der Waals surface area contributed by atoms with Crippen molar-refractivity contribution in [2.24, 2.45) is 0 Å². The predicted molar refractivity (Wildman–Crippen MR) is 62.3 cm³/mol. The molecule has 0 atom stereocenters. The van der Waals surface area contributed by atoms with Gasteiger partial charge in [0.2, 0.25) is 0 Å². The van der Waals surface area contributed by atoms with Gasteiger partial charge >= 0.3 is 0 Å². The second-order valence-corrected chi connectivity index (χ2v) is 4.68. The molecule has 0 aromatic carbocycles. The lowest BCUT2D eigenvalue weighted by Crippen LogP contribution is -1.96. The van der Waals surface area contributed by atoms with Gasteiger partial charge in [0, 0.05) is 18.4 Å². The van der Waals surface area contributed by atoms with Crippen molar-refractivity contribution >= 4 is 16.3 Å². The Hall–Kier alpha value is -1.40. The first-order chi connectivity index (χ1) is 7.70. The first kappa shape index (κ1) is 11.1. The minimum Gasteiger partial charge on any atom is -0.390 e. The van der Waals surface area contributed by atoms with Crippen molar-refractivity contribution in [2.75, 3.05) is 19.5 Å². The zero-order valence-corrected chi connectivity index (χ0v) is 10.0. The van der Waals surface area contributed by atoms with E-state index in [1.165, 1.54) is 11.3 Å². The second-order valence-electron chi connectivity index (χ2n) is 3.39. The Morgan fingerprint density at radius 2 is 2.38 bits per heavy atom. The highest BCUT2D eigenvalue weighted by Crippen LogP contribution is 2.32. The molecule has 2 aromatic rings. The number of thiophene rings is 1. The molecule has 0 fully saturated rings. The monoisotopic (exact) mass is 239 g/mol. The minimum atomic E-state index is 0.480. The zero-order valence-electron chi connectivity index (χ0n) is 9.19. The fraction of sp³-hybridized carbons (Fsp3) is 0.400. The van der Waals surface area contributed by atoms with Crippen LogP contribution in [0.4, 0.5) is 5.00 Å². The maximum atomic E-state index is 5.85. The van der Waals surface area contributed by atoms with Crippen LogP contribution >= 0.6 is 11.3 Å². The molecule has 2 aromatic heterocycles. The molecule has 6 heteroatoms. The molecule has 0 aliphatic rings. The summed E-state index contributed by atoms with van der Waals surface area (Å²) in [6.45, 7) is 2.57. The van der Waals surface area contributed by atoms with Gasteiger partial charge < -0.3 is 15.0 Å². The number of ether oxygens (including phenoxy) is 1. The number of rotatable bonds is 4. The van der Waals surface area contributed by atoms with E-state index in [0.717, 1.165) is 10.4 Å². The quantitative estimate of drug-likeness (QED) is 0.881. The topological polar surface area (TPSA) is 74.2 Å². The third kappa shape index (κ3) is 2.23. The van der Waals surface area contributed by atoms with Crippen LogP contribution in [0, 0.1) is 6.92 Å². The molecule has 0 bridgehead atoms. The van der Waals surface area contributed by atoms with Crippen LogP contribution in [-0.4, -0.2) is 23.9 Å². The van der Waals surface area contributed by atoms with E-state index >= 15 is 0 Å². The summed E-state index contributed by atoms with van der Waals surface area (Å²) in [5.74, 6) is 1.12. The van der Waals surface area contributed by atoms with E-state index in [2.05, 4.69) is 10.1 Å². The van der Waals surface area contributed by atoms with E-state index in [9.17, 15) is 0 Å². The molecule has 0 saturated carbocycles. The van der Waals surface area contributed by atoms with E-state index in [4.69, 9.17) is 15.0 Å². The normalized spacial score (nSPS) is 10.9. The van der Waals surface area contributed by atoms with Crippen LogP contribution in [-0.2, 0) is 11.2 Å². The molecule has 0 aliphatic carbocycles. The lowest BCUT2D eigenvalue weighted by atomic mass is 10.3. The zero-order chi connectivity index (χ0) is 11.5. The summed E-state index contributed by atoms with van der Waals surface area (Å²) >= 11 is 1.52. The van der Waals surface area contributed by atoms with Crippen molar-refractivity contribution in [2.45, 2.75) is 13.3 Å². The van der Waals surface area contributed by atoms with Gasteiger partial charge in [-0.05, 0) is 13.0 Å². The van der Waals surface area contributed by atoms with E-state index in [1.807, 2.05) is 13.0 Å². The van der Waals surface area contributed by atoms with E-state index in [1.54, 1.807) is 7.11 Å². The van der Waals surface area contributed by atoms with E-state index < -0.39 is 0 Å². The van der Waals surface area contributed by atoms with Gasteiger partial charge in [-0.3, -0.25) is 0 Å². The van der Waals surface area contributed by atoms with Crippen LogP contribution in [0.3, 0.4) is 0 Å². The summed E-state index contributed by atoms with van der Waals surface area (Å²) in [5.41, 5.74) is 6.67. The van der Waals surface area contributed by atoms with Gasteiger partial charge in [0.05, 0.1) is 17.2 Å². The van der Waals surface area contributed by atoms with Crippen LogP contribution in [0.5, 0.6) is 0 Å². The third-order valence-electron chi connectivity index (χ3n) is 2.11. The van der Waals surface area contributed by atoms with Gasteiger partial charge in [0.15, 0.2) is 5.82 Å². The van der Waals surface area contributed by atoms with Crippen molar-refractivity contribution in [3.8, 4) is 11.5 Å². The Balaban J connectivity index is 2.21. The predicted octanol–water partition coefficient (Wildman–Crippen LogP) is 1.88. The number of aromatic nitrogens is 2. The molecule has 2 rings (SSSR count). The van der Waals surface area contributed by atoms with Gasteiger partial charge in [0.25, 0.3) is 5.89 Å². The SMILES string of the molecule is COCCc1noc(-c2cc(C)sc2N)n1. The Morgan fingerprint density at radius 1 is 1.56 bits per heavy atom. The summed E-state index contributed by atoms with van der Waals surface area (Å²) in [4.78, 5) is 5.39. The average molecular weight is 239 g/mol. The van der Waals surface area contributed by atoms with Crippen LogP contribution in [0.15, 0.2) is 10.6 Å².